The first-order valence-electron chi connectivity index (χ1n) is 0.855. The Morgan fingerprint density at radius 1 is 1.00 bits per heavy atom. The van der Waals surface area contributed by atoms with Crippen molar-refractivity contribution in [3.8, 4) is 10.8 Å². The molecule has 0 unspecified atom stereocenters. The van der Waals surface area contributed by atoms with E-state index in [0.717, 1.165) is 0 Å². The van der Waals surface area contributed by atoms with Gasteiger partial charge in [0.1, 0.15) is 0 Å². The molecule has 0 heterocycles. The summed E-state index contributed by atoms with van der Waals surface area (Å²) < 4.78 is 0. The van der Waals surface area contributed by atoms with Crippen LogP contribution in [0.2, 0.25) is 0 Å². The first-order valence-corrected chi connectivity index (χ1v) is 1.67. The summed E-state index contributed by atoms with van der Waals surface area (Å²) in [6, 6.07) is 0. The molecular formula is C2N2RhS2. The van der Waals surface area contributed by atoms with Crippen molar-refractivity contribution in [3.63, 3.8) is 0 Å². The van der Waals surface area contributed by atoms with Crippen LogP contribution in [-0.4, -0.2) is 0 Å². The molecule has 0 saturated heterocycles. The van der Waals surface area contributed by atoms with E-state index in [-0.39, 0.29) is 19.5 Å². The summed E-state index contributed by atoms with van der Waals surface area (Å²) in [5.41, 5.74) is 0. The van der Waals surface area contributed by atoms with Crippen molar-refractivity contribution in [1.82, 2.24) is 0 Å². The molecule has 1 radical (unpaired) electrons. The summed E-state index contributed by atoms with van der Waals surface area (Å²) in [5, 5.41) is 16.9. The second kappa shape index (κ2) is 36.8. The Hall–Kier alpha value is 0.0434. The topological polar surface area (TPSA) is 47.6 Å². The van der Waals surface area contributed by atoms with E-state index in [1.165, 1.54) is 10.8 Å². The fourth-order valence-electron chi connectivity index (χ4n) is 0. The predicted molar refractivity (Wildman–Crippen MR) is 26.0 cm³/mol. The van der Waals surface area contributed by atoms with Crippen LogP contribution < -0.4 is 0 Å². The Labute approximate surface area is 66.1 Å². The molecule has 0 N–H and O–H groups in total. The van der Waals surface area contributed by atoms with Crippen LogP contribution in [-0.2, 0) is 44.7 Å². The van der Waals surface area contributed by atoms with E-state index in [9.17, 15) is 0 Å². The van der Waals surface area contributed by atoms with Gasteiger partial charge in [-0.3, -0.25) is 0 Å². The van der Waals surface area contributed by atoms with E-state index in [1.807, 2.05) is 0 Å². The van der Waals surface area contributed by atoms with E-state index in [1.54, 1.807) is 0 Å². The minimum Gasteiger partial charge on any atom is -0.696 e. The van der Waals surface area contributed by atoms with Crippen molar-refractivity contribution in [2.75, 3.05) is 0 Å². The average Bonchev–Trinajstić information content (AvgIpc) is 1.39. The number of hydrogen-bond acceptors (Lipinski definition) is 4. The Morgan fingerprint density at radius 3 is 1.00 bits per heavy atom. The van der Waals surface area contributed by atoms with Crippen LogP contribution in [0.25, 0.3) is 0 Å². The van der Waals surface area contributed by atoms with Gasteiger partial charge in [0.25, 0.3) is 0 Å². The molecule has 2 nitrogen and oxygen atoms in total. The molecule has 5 heteroatoms. The molecule has 0 aromatic rings. The molecule has 39 valence electrons. The minimum atomic E-state index is 0. The van der Waals surface area contributed by atoms with Crippen LogP contribution in [0.15, 0.2) is 0 Å². The fraction of sp³-hybridized carbons (Fsp3) is 0. The van der Waals surface area contributed by atoms with Crippen molar-refractivity contribution < 1.29 is 19.5 Å². The molecule has 0 amide bonds. The number of thiocyanates is 2. The second-order valence-electron chi connectivity index (χ2n) is 0.183. The Morgan fingerprint density at radius 2 is 1.00 bits per heavy atom. The summed E-state index contributed by atoms with van der Waals surface area (Å²) in [4.78, 5) is 0. The SMILES string of the molecule is N#C[S-].N#C[S-].[Rh+2]. The van der Waals surface area contributed by atoms with Gasteiger partial charge in [0.2, 0.25) is 0 Å². The Bertz CT molecular complexity index is 68.7. The summed E-state index contributed by atoms with van der Waals surface area (Å²) in [5.74, 6) is 0. The van der Waals surface area contributed by atoms with Crippen molar-refractivity contribution in [2.24, 2.45) is 0 Å². The standard InChI is InChI=1S/2CHNS.Rh/c2*2-1-3;/h2*3H;/q;;+2/p-2. The molecule has 0 aromatic carbocycles. The zero-order chi connectivity index (χ0) is 5.41. The second-order valence-corrected chi connectivity index (χ2v) is 0.548. The first kappa shape index (κ1) is 15.7. The smallest absolute Gasteiger partial charge is 0.696 e. The number of rotatable bonds is 0. The summed E-state index contributed by atoms with van der Waals surface area (Å²) in [7, 11) is 0. The largest absolute Gasteiger partial charge is 2.00 e. The molecule has 0 saturated carbocycles. The molecule has 0 bridgehead atoms. The molecule has 0 aliphatic carbocycles. The summed E-state index contributed by atoms with van der Waals surface area (Å²) >= 11 is 7.40. The average molecular weight is 219 g/mol. The monoisotopic (exact) mass is 219 g/mol. The Kier molecular flexibility index (Phi) is 82.8. The summed E-state index contributed by atoms with van der Waals surface area (Å²) in [6.45, 7) is 0. The van der Waals surface area contributed by atoms with Gasteiger partial charge in [-0.15, -0.1) is 0 Å². The van der Waals surface area contributed by atoms with Crippen molar-refractivity contribution in [1.29, 1.82) is 10.5 Å². The van der Waals surface area contributed by atoms with Crippen molar-refractivity contribution in [2.45, 2.75) is 0 Å². The van der Waals surface area contributed by atoms with Crippen LogP contribution in [0.1, 0.15) is 0 Å². The fourth-order valence-corrected chi connectivity index (χ4v) is 0. The van der Waals surface area contributed by atoms with Crippen LogP contribution in [0.4, 0.5) is 0 Å². The minimum absolute atomic E-state index is 0. The third-order valence-corrected chi connectivity index (χ3v) is 0. The van der Waals surface area contributed by atoms with Gasteiger partial charge in [0.15, 0.2) is 0 Å². The molecule has 0 fully saturated rings. The van der Waals surface area contributed by atoms with Crippen molar-refractivity contribution in [3.05, 3.63) is 0 Å². The maximum atomic E-state index is 7.13. The zero-order valence-corrected chi connectivity index (χ0v) is 6.32. The van der Waals surface area contributed by atoms with Crippen LogP contribution in [0, 0.1) is 21.3 Å². The van der Waals surface area contributed by atoms with E-state index in [2.05, 4.69) is 25.3 Å². The normalized spacial score (nSPS) is 2.00. The van der Waals surface area contributed by atoms with E-state index in [4.69, 9.17) is 10.5 Å². The third kappa shape index (κ3) is 52500. The molecule has 7 heavy (non-hydrogen) atoms. The van der Waals surface area contributed by atoms with E-state index < -0.39 is 0 Å². The molecule has 0 atom stereocenters. The quantitative estimate of drug-likeness (QED) is 0.327. The van der Waals surface area contributed by atoms with Gasteiger partial charge in [-0.05, 0) is 0 Å². The van der Waals surface area contributed by atoms with Gasteiger partial charge in [-0.1, -0.05) is 10.8 Å². The van der Waals surface area contributed by atoms with E-state index in [0.29, 0.717) is 0 Å². The van der Waals surface area contributed by atoms with Crippen LogP contribution in [0.5, 0.6) is 0 Å². The van der Waals surface area contributed by atoms with E-state index >= 15 is 0 Å². The molecule has 0 rings (SSSR count). The van der Waals surface area contributed by atoms with Gasteiger partial charge in [-0.25, -0.2) is 10.5 Å². The number of hydrogen-bond donors (Lipinski definition) is 0. The maximum Gasteiger partial charge on any atom is 2.00 e. The number of nitriles is 2. The number of nitrogens with zero attached hydrogens (tertiary/aromatic N) is 2. The van der Waals surface area contributed by atoms with Gasteiger partial charge in [-0.2, -0.15) is 0 Å². The van der Waals surface area contributed by atoms with Gasteiger partial charge >= 0.3 is 19.5 Å². The van der Waals surface area contributed by atoms with Gasteiger partial charge in [0.05, 0.1) is 0 Å². The summed E-state index contributed by atoms with van der Waals surface area (Å²) in [6.07, 6.45) is 0. The van der Waals surface area contributed by atoms with Gasteiger partial charge < -0.3 is 25.3 Å². The van der Waals surface area contributed by atoms with Crippen LogP contribution >= 0.6 is 0 Å². The molecule has 0 aliphatic rings. The Balaban J connectivity index is -0.0000000400. The zero-order valence-electron chi connectivity index (χ0n) is 3.04. The maximum absolute atomic E-state index is 7.13. The predicted octanol–water partition coefficient (Wildman–Crippen LogP) is 0.0263. The third-order valence-electron chi connectivity index (χ3n) is 0. The molecule has 0 aliphatic heterocycles. The molecular weight excluding hydrogens is 219 g/mol. The van der Waals surface area contributed by atoms with Gasteiger partial charge in [0, 0.05) is 0 Å². The molecule has 0 spiro atoms. The van der Waals surface area contributed by atoms with Crippen LogP contribution in [0.3, 0.4) is 0 Å². The van der Waals surface area contributed by atoms with Crippen molar-refractivity contribution >= 4 is 25.3 Å². The molecule has 0 aromatic heterocycles. The first-order chi connectivity index (χ1) is 2.83.